The van der Waals surface area contributed by atoms with Gasteiger partial charge in [-0.05, 0) is 63.0 Å². The van der Waals surface area contributed by atoms with Gasteiger partial charge >= 0.3 is 0 Å². The van der Waals surface area contributed by atoms with Crippen LogP contribution in [0.2, 0.25) is 0 Å². The smallest absolute Gasteiger partial charge is 0.220 e. The van der Waals surface area contributed by atoms with Gasteiger partial charge in [0.2, 0.25) is 5.91 Å². The maximum absolute atomic E-state index is 11.9. The Hall–Kier alpha value is -1.55. The number of carbonyl (C=O) groups is 1. The van der Waals surface area contributed by atoms with Crippen molar-refractivity contribution in [3.05, 3.63) is 29.3 Å². The van der Waals surface area contributed by atoms with Crippen molar-refractivity contribution in [2.75, 3.05) is 26.4 Å². The Morgan fingerprint density at radius 3 is 2.62 bits per heavy atom. The van der Waals surface area contributed by atoms with E-state index in [2.05, 4.69) is 5.32 Å². The normalized spacial score (nSPS) is 15.2. The molecule has 0 aliphatic carbocycles. The van der Waals surface area contributed by atoms with Crippen LogP contribution in [0.3, 0.4) is 0 Å². The summed E-state index contributed by atoms with van der Waals surface area (Å²) in [7, 11) is 0. The monoisotopic (exact) mass is 333 g/mol. The van der Waals surface area contributed by atoms with Gasteiger partial charge in [-0.1, -0.05) is 18.2 Å². The quantitative estimate of drug-likeness (QED) is 0.700. The van der Waals surface area contributed by atoms with Gasteiger partial charge in [-0.15, -0.1) is 0 Å². The maximum Gasteiger partial charge on any atom is 0.220 e. The second kappa shape index (κ2) is 10.3. The lowest BCUT2D eigenvalue weighted by Gasteiger charge is -2.21. The van der Waals surface area contributed by atoms with E-state index in [1.807, 2.05) is 32.0 Å². The summed E-state index contributed by atoms with van der Waals surface area (Å²) in [5.41, 5.74) is 2.29. The molecule has 1 fully saturated rings. The van der Waals surface area contributed by atoms with Crippen molar-refractivity contribution in [3.8, 4) is 5.75 Å². The fourth-order valence-corrected chi connectivity index (χ4v) is 3.18. The third-order valence-corrected chi connectivity index (χ3v) is 4.66. The Morgan fingerprint density at radius 2 is 1.92 bits per heavy atom. The largest absolute Gasteiger partial charge is 0.493 e. The summed E-state index contributed by atoms with van der Waals surface area (Å²) in [5.74, 6) is 1.86. The minimum atomic E-state index is 0.132. The highest BCUT2D eigenvalue weighted by Crippen LogP contribution is 2.22. The van der Waals surface area contributed by atoms with Gasteiger partial charge in [-0.3, -0.25) is 4.79 Å². The van der Waals surface area contributed by atoms with Crippen LogP contribution in [0.5, 0.6) is 5.75 Å². The van der Waals surface area contributed by atoms with Crippen LogP contribution >= 0.6 is 0 Å². The molecule has 0 radical (unpaired) electrons. The van der Waals surface area contributed by atoms with Gasteiger partial charge in [0.05, 0.1) is 6.61 Å². The highest BCUT2D eigenvalue weighted by atomic mass is 16.5. The number of nitrogens with one attached hydrogen (secondary N) is 1. The molecule has 0 atom stereocenters. The fraction of sp³-hybridized carbons (Fsp3) is 0.650. The van der Waals surface area contributed by atoms with E-state index < -0.39 is 0 Å². The minimum Gasteiger partial charge on any atom is -0.493 e. The number of rotatable bonds is 9. The Morgan fingerprint density at radius 1 is 1.21 bits per heavy atom. The number of hydrogen-bond acceptors (Lipinski definition) is 3. The summed E-state index contributed by atoms with van der Waals surface area (Å²) < 4.78 is 11.2. The zero-order valence-corrected chi connectivity index (χ0v) is 15.1. The molecule has 1 N–H and O–H groups in total. The first kappa shape index (κ1) is 18.8. The molecule has 24 heavy (non-hydrogen) atoms. The van der Waals surface area contributed by atoms with Gasteiger partial charge in [0.15, 0.2) is 0 Å². The van der Waals surface area contributed by atoms with Gasteiger partial charge in [0.1, 0.15) is 5.75 Å². The molecule has 1 saturated heterocycles. The highest BCUT2D eigenvalue weighted by molar-refractivity contribution is 5.75. The molecule has 0 unspecified atom stereocenters. The first-order valence-electron chi connectivity index (χ1n) is 9.20. The van der Waals surface area contributed by atoms with Gasteiger partial charge in [-0.2, -0.15) is 0 Å². The number of benzene rings is 1. The number of carbonyl (C=O) groups excluding carboxylic acids is 1. The van der Waals surface area contributed by atoms with Crippen molar-refractivity contribution in [2.45, 2.75) is 52.4 Å². The SMILES string of the molecule is Cc1cccc(C)c1OCCCC(=O)NCCCC1CCOCC1. The van der Waals surface area contributed by atoms with Crippen LogP contribution in [0, 0.1) is 19.8 Å². The molecule has 1 amide bonds. The van der Waals surface area contributed by atoms with Crippen molar-refractivity contribution in [3.63, 3.8) is 0 Å². The lowest BCUT2D eigenvalue weighted by atomic mass is 9.95. The number of aryl methyl sites for hydroxylation is 2. The zero-order chi connectivity index (χ0) is 17.2. The molecule has 4 heteroatoms. The molecule has 1 aromatic carbocycles. The summed E-state index contributed by atoms with van der Waals surface area (Å²) in [5, 5.41) is 3.02. The zero-order valence-electron chi connectivity index (χ0n) is 15.1. The van der Waals surface area contributed by atoms with E-state index in [1.54, 1.807) is 0 Å². The van der Waals surface area contributed by atoms with E-state index in [9.17, 15) is 4.79 Å². The van der Waals surface area contributed by atoms with Crippen molar-refractivity contribution < 1.29 is 14.3 Å². The summed E-state index contributed by atoms with van der Waals surface area (Å²) in [4.78, 5) is 11.9. The lowest BCUT2D eigenvalue weighted by molar-refractivity contribution is -0.121. The van der Waals surface area contributed by atoms with Crippen molar-refractivity contribution >= 4 is 5.91 Å². The van der Waals surface area contributed by atoms with Crippen molar-refractivity contribution in [1.82, 2.24) is 5.32 Å². The lowest BCUT2D eigenvalue weighted by Crippen LogP contribution is -2.25. The van der Waals surface area contributed by atoms with E-state index in [1.165, 1.54) is 19.3 Å². The summed E-state index contributed by atoms with van der Waals surface area (Å²) >= 11 is 0. The van der Waals surface area contributed by atoms with Gasteiger partial charge in [0.25, 0.3) is 0 Å². The predicted molar refractivity (Wildman–Crippen MR) is 96.4 cm³/mol. The predicted octanol–water partition coefficient (Wildman–Crippen LogP) is 3.79. The van der Waals surface area contributed by atoms with E-state index >= 15 is 0 Å². The second-order valence-corrected chi connectivity index (χ2v) is 6.72. The van der Waals surface area contributed by atoms with Gasteiger partial charge in [-0.25, -0.2) is 0 Å². The Labute approximate surface area is 145 Å². The van der Waals surface area contributed by atoms with E-state index in [-0.39, 0.29) is 5.91 Å². The van der Waals surface area contributed by atoms with Gasteiger partial charge < -0.3 is 14.8 Å². The minimum absolute atomic E-state index is 0.132. The molecule has 0 aromatic heterocycles. The van der Waals surface area contributed by atoms with Crippen molar-refractivity contribution in [2.24, 2.45) is 5.92 Å². The van der Waals surface area contributed by atoms with Gasteiger partial charge in [0, 0.05) is 26.2 Å². The molecule has 0 spiro atoms. The fourth-order valence-electron chi connectivity index (χ4n) is 3.18. The van der Waals surface area contributed by atoms with Crippen LogP contribution in [0.4, 0.5) is 0 Å². The van der Waals surface area contributed by atoms with E-state index in [0.29, 0.717) is 13.0 Å². The molecule has 2 rings (SSSR count). The number of ether oxygens (including phenoxy) is 2. The number of para-hydroxylation sites is 1. The summed E-state index contributed by atoms with van der Waals surface area (Å²) in [6.45, 7) is 7.27. The number of amides is 1. The molecule has 1 aliphatic rings. The third kappa shape index (κ3) is 6.52. The van der Waals surface area contributed by atoms with Crippen molar-refractivity contribution in [1.29, 1.82) is 0 Å². The standard InChI is InChI=1S/C20H31NO3/c1-16-6-3-7-17(2)20(16)24-13-5-9-19(22)21-12-4-8-18-10-14-23-15-11-18/h3,6-7,18H,4-5,8-15H2,1-2H3,(H,21,22). The molecular weight excluding hydrogens is 302 g/mol. The molecule has 1 aliphatic heterocycles. The van der Waals surface area contributed by atoms with E-state index in [4.69, 9.17) is 9.47 Å². The Kier molecular flexibility index (Phi) is 8.10. The average Bonchev–Trinajstić information content (AvgIpc) is 2.58. The first-order chi connectivity index (χ1) is 11.7. The molecule has 1 aromatic rings. The third-order valence-electron chi connectivity index (χ3n) is 4.66. The Balaban J connectivity index is 1.52. The number of hydrogen-bond donors (Lipinski definition) is 1. The average molecular weight is 333 g/mol. The topological polar surface area (TPSA) is 47.6 Å². The summed E-state index contributed by atoms with van der Waals surface area (Å²) in [6, 6.07) is 6.13. The summed E-state index contributed by atoms with van der Waals surface area (Å²) in [6.07, 6.45) is 5.88. The maximum atomic E-state index is 11.9. The molecule has 134 valence electrons. The second-order valence-electron chi connectivity index (χ2n) is 6.72. The van der Waals surface area contributed by atoms with Crippen LogP contribution in [0.15, 0.2) is 18.2 Å². The van der Waals surface area contributed by atoms with Crippen LogP contribution in [-0.2, 0) is 9.53 Å². The molecule has 4 nitrogen and oxygen atoms in total. The first-order valence-corrected chi connectivity index (χ1v) is 9.20. The molecular formula is C20H31NO3. The Bertz CT molecular complexity index is 489. The molecule has 0 bridgehead atoms. The van der Waals surface area contributed by atoms with Crippen LogP contribution in [0.25, 0.3) is 0 Å². The highest BCUT2D eigenvalue weighted by Gasteiger charge is 2.13. The van der Waals surface area contributed by atoms with Crippen LogP contribution in [-0.4, -0.2) is 32.3 Å². The molecule has 1 heterocycles. The van der Waals surface area contributed by atoms with E-state index in [0.717, 1.165) is 55.4 Å². The van der Waals surface area contributed by atoms with Crippen LogP contribution in [0.1, 0.15) is 49.7 Å². The molecule has 0 saturated carbocycles. The van der Waals surface area contributed by atoms with Crippen LogP contribution < -0.4 is 10.1 Å².